The number of Topliss-reactive ketones (excluding diaryl/α,β-unsaturated/α-hetero) is 2. The van der Waals surface area contributed by atoms with E-state index in [0.29, 0.717) is 33.4 Å². The molecule has 1 aromatic carbocycles. The number of esters is 1. The molecule has 0 aliphatic rings. The van der Waals surface area contributed by atoms with E-state index in [2.05, 4.69) is 4.98 Å². The molecule has 0 amide bonds. The highest BCUT2D eigenvalue weighted by Gasteiger charge is 2.21. The number of aromatic amines is 1. The van der Waals surface area contributed by atoms with Crippen molar-refractivity contribution in [2.45, 2.75) is 27.2 Å². The number of carbonyl (C=O) groups excluding carboxylic acids is 3. The van der Waals surface area contributed by atoms with E-state index in [9.17, 15) is 19.5 Å². The Hall–Kier alpha value is -3.35. The number of furan rings is 1. The standard InChI is InChI=1S/C20H19NO6/c1-10-19(12(3)22)11(2)21-20(10)16(24)9-27-18(25)6-13-8-26-17-7-14(23)4-5-15(13)17/h4-5,7-8,21,23H,6,9H2,1-3H3. The van der Waals surface area contributed by atoms with E-state index in [1.54, 1.807) is 19.9 Å². The van der Waals surface area contributed by atoms with Gasteiger partial charge in [-0.2, -0.15) is 0 Å². The number of phenols is 1. The molecule has 0 atom stereocenters. The van der Waals surface area contributed by atoms with Crippen LogP contribution in [0.2, 0.25) is 0 Å². The third-order valence-electron chi connectivity index (χ3n) is 4.41. The zero-order valence-electron chi connectivity index (χ0n) is 15.2. The molecule has 0 radical (unpaired) electrons. The quantitative estimate of drug-likeness (QED) is 0.510. The van der Waals surface area contributed by atoms with Crippen molar-refractivity contribution in [2.24, 2.45) is 0 Å². The molecule has 0 bridgehead atoms. The van der Waals surface area contributed by atoms with E-state index in [4.69, 9.17) is 9.15 Å². The fraction of sp³-hybridized carbons (Fsp3) is 0.250. The van der Waals surface area contributed by atoms with Crippen LogP contribution in [0, 0.1) is 13.8 Å². The first-order chi connectivity index (χ1) is 12.8. The summed E-state index contributed by atoms with van der Waals surface area (Å²) in [6.45, 7) is 4.41. The zero-order chi connectivity index (χ0) is 19.7. The monoisotopic (exact) mass is 369 g/mol. The van der Waals surface area contributed by atoms with Crippen LogP contribution in [0.5, 0.6) is 5.75 Å². The molecule has 7 heteroatoms. The van der Waals surface area contributed by atoms with Crippen molar-refractivity contribution in [1.82, 2.24) is 4.98 Å². The number of aryl methyl sites for hydroxylation is 1. The molecule has 0 aliphatic heterocycles. The summed E-state index contributed by atoms with van der Waals surface area (Å²) in [6.07, 6.45) is 1.36. The van der Waals surface area contributed by atoms with Crippen LogP contribution in [0.15, 0.2) is 28.9 Å². The second-order valence-corrected chi connectivity index (χ2v) is 6.38. The third kappa shape index (κ3) is 3.62. The molecule has 0 saturated carbocycles. The predicted octanol–water partition coefficient (Wildman–Crippen LogP) is 3.25. The van der Waals surface area contributed by atoms with Gasteiger partial charge in [0, 0.05) is 28.3 Å². The fourth-order valence-corrected chi connectivity index (χ4v) is 3.19. The maximum Gasteiger partial charge on any atom is 0.310 e. The second-order valence-electron chi connectivity index (χ2n) is 6.38. The number of H-pyrrole nitrogens is 1. The van der Waals surface area contributed by atoms with Crippen molar-refractivity contribution >= 4 is 28.5 Å². The van der Waals surface area contributed by atoms with Gasteiger partial charge in [-0.1, -0.05) is 0 Å². The minimum atomic E-state index is -0.577. The molecule has 7 nitrogen and oxygen atoms in total. The molecule has 0 fully saturated rings. The number of fused-ring (bicyclic) bond motifs is 1. The molecule has 0 unspecified atom stereocenters. The van der Waals surface area contributed by atoms with Crippen LogP contribution in [0.4, 0.5) is 0 Å². The highest BCUT2D eigenvalue weighted by atomic mass is 16.5. The summed E-state index contributed by atoms with van der Waals surface area (Å²) >= 11 is 0. The average Bonchev–Trinajstić information content (AvgIpc) is 3.12. The number of carbonyl (C=O) groups is 3. The second kappa shape index (κ2) is 7.11. The Labute approximate surface area is 154 Å². The molecule has 2 aromatic heterocycles. The summed E-state index contributed by atoms with van der Waals surface area (Å²) in [5.74, 6) is -1.04. The fourth-order valence-electron chi connectivity index (χ4n) is 3.19. The number of nitrogens with one attached hydrogen (secondary N) is 1. The number of aromatic hydroxyl groups is 1. The molecular weight excluding hydrogens is 350 g/mol. The minimum absolute atomic E-state index is 0.0630. The first-order valence-electron chi connectivity index (χ1n) is 8.36. The van der Waals surface area contributed by atoms with Crippen LogP contribution in [0.3, 0.4) is 0 Å². The number of hydrogen-bond acceptors (Lipinski definition) is 6. The van der Waals surface area contributed by atoms with Crippen LogP contribution in [0.25, 0.3) is 11.0 Å². The van der Waals surface area contributed by atoms with Crippen LogP contribution in [-0.4, -0.2) is 34.2 Å². The highest BCUT2D eigenvalue weighted by molar-refractivity contribution is 6.04. The Morgan fingerprint density at radius 3 is 2.63 bits per heavy atom. The summed E-state index contributed by atoms with van der Waals surface area (Å²) in [5.41, 5.74) is 2.99. The summed E-state index contributed by atoms with van der Waals surface area (Å²) in [6, 6.07) is 4.60. The predicted molar refractivity (Wildman–Crippen MR) is 97.1 cm³/mol. The SMILES string of the molecule is CC(=O)c1c(C)[nH]c(C(=O)COC(=O)Cc2coc3cc(O)ccc23)c1C. The van der Waals surface area contributed by atoms with E-state index in [1.165, 1.54) is 25.3 Å². The number of rotatable bonds is 6. The molecule has 140 valence electrons. The Morgan fingerprint density at radius 2 is 1.96 bits per heavy atom. The topological polar surface area (TPSA) is 110 Å². The Bertz CT molecular complexity index is 1060. The first kappa shape index (κ1) is 18.4. The maximum atomic E-state index is 12.3. The van der Waals surface area contributed by atoms with Crippen LogP contribution < -0.4 is 0 Å². The van der Waals surface area contributed by atoms with E-state index in [0.717, 1.165) is 0 Å². The van der Waals surface area contributed by atoms with Gasteiger partial charge in [-0.3, -0.25) is 14.4 Å². The maximum absolute atomic E-state index is 12.3. The number of ketones is 2. The first-order valence-corrected chi connectivity index (χ1v) is 8.36. The Balaban J connectivity index is 1.66. The van der Waals surface area contributed by atoms with Gasteiger partial charge in [0.25, 0.3) is 0 Å². The molecule has 3 aromatic rings. The van der Waals surface area contributed by atoms with E-state index in [-0.39, 0.29) is 23.6 Å². The number of ether oxygens (including phenoxy) is 1. The molecule has 0 spiro atoms. The van der Waals surface area contributed by atoms with Crippen LogP contribution in [-0.2, 0) is 16.0 Å². The van der Waals surface area contributed by atoms with Gasteiger partial charge in [0.05, 0.1) is 18.4 Å². The third-order valence-corrected chi connectivity index (χ3v) is 4.41. The van der Waals surface area contributed by atoms with Gasteiger partial charge >= 0.3 is 5.97 Å². The Kier molecular flexibility index (Phi) is 4.85. The van der Waals surface area contributed by atoms with Crippen molar-refractivity contribution in [2.75, 3.05) is 6.61 Å². The van der Waals surface area contributed by atoms with Crippen molar-refractivity contribution in [3.05, 3.63) is 52.5 Å². The average molecular weight is 369 g/mol. The summed E-state index contributed by atoms with van der Waals surface area (Å²) in [5, 5.41) is 10.1. The van der Waals surface area contributed by atoms with Crippen LogP contribution in [0.1, 0.15) is 44.6 Å². The lowest BCUT2D eigenvalue weighted by molar-refractivity contribution is -0.141. The van der Waals surface area contributed by atoms with Gasteiger partial charge in [0.2, 0.25) is 5.78 Å². The summed E-state index contributed by atoms with van der Waals surface area (Å²) < 4.78 is 10.4. The Morgan fingerprint density at radius 1 is 1.22 bits per heavy atom. The molecule has 0 saturated heterocycles. The minimum Gasteiger partial charge on any atom is -0.508 e. The highest BCUT2D eigenvalue weighted by Crippen LogP contribution is 2.25. The number of benzene rings is 1. The van der Waals surface area contributed by atoms with Gasteiger partial charge in [0.15, 0.2) is 12.4 Å². The zero-order valence-corrected chi connectivity index (χ0v) is 15.2. The number of aromatic nitrogens is 1. The van der Waals surface area contributed by atoms with E-state index < -0.39 is 18.4 Å². The van der Waals surface area contributed by atoms with Gasteiger partial charge < -0.3 is 19.2 Å². The van der Waals surface area contributed by atoms with Crippen molar-refractivity contribution in [1.29, 1.82) is 0 Å². The van der Waals surface area contributed by atoms with Crippen LogP contribution >= 0.6 is 0 Å². The summed E-state index contributed by atoms with van der Waals surface area (Å²) in [4.78, 5) is 39.0. The molecular formula is C20H19NO6. The van der Waals surface area contributed by atoms with Gasteiger partial charge in [-0.25, -0.2) is 0 Å². The van der Waals surface area contributed by atoms with Crippen molar-refractivity contribution in [3.8, 4) is 5.75 Å². The lowest BCUT2D eigenvalue weighted by Crippen LogP contribution is -2.16. The molecule has 2 N–H and O–H groups in total. The number of phenolic OH excluding ortho intramolecular Hbond substituents is 1. The molecule has 3 rings (SSSR count). The van der Waals surface area contributed by atoms with Crippen molar-refractivity contribution in [3.63, 3.8) is 0 Å². The molecule has 0 aliphatic carbocycles. The van der Waals surface area contributed by atoms with Gasteiger partial charge in [-0.05, 0) is 38.5 Å². The normalized spacial score (nSPS) is 10.9. The number of hydrogen-bond donors (Lipinski definition) is 2. The van der Waals surface area contributed by atoms with Gasteiger partial charge in [0.1, 0.15) is 11.3 Å². The molecule has 27 heavy (non-hydrogen) atoms. The van der Waals surface area contributed by atoms with Gasteiger partial charge in [-0.15, -0.1) is 0 Å². The smallest absolute Gasteiger partial charge is 0.310 e. The largest absolute Gasteiger partial charge is 0.508 e. The van der Waals surface area contributed by atoms with Crippen molar-refractivity contribution < 1.29 is 28.6 Å². The lowest BCUT2D eigenvalue weighted by atomic mass is 10.1. The lowest BCUT2D eigenvalue weighted by Gasteiger charge is -2.04. The van der Waals surface area contributed by atoms with E-state index in [1.807, 2.05) is 0 Å². The summed E-state index contributed by atoms with van der Waals surface area (Å²) in [7, 11) is 0. The molecule has 2 heterocycles. The van der Waals surface area contributed by atoms with E-state index >= 15 is 0 Å².